The van der Waals surface area contributed by atoms with Gasteiger partial charge in [-0.25, -0.2) is 8.78 Å². The van der Waals surface area contributed by atoms with Crippen molar-refractivity contribution in [1.29, 1.82) is 0 Å². The van der Waals surface area contributed by atoms with Gasteiger partial charge < -0.3 is 11.1 Å². The third kappa shape index (κ3) is 5.27. The number of nitrogens with zero attached hydrogens (tertiary/aromatic N) is 1. The summed E-state index contributed by atoms with van der Waals surface area (Å²) in [6, 6.07) is 5.83. The minimum absolute atomic E-state index is 0.0260. The minimum atomic E-state index is -3.12. The number of amides is 1. The van der Waals surface area contributed by atoms with E-state index in [0.717, 1.165) is 0 Å². The first-order valence-electron chi connectivity index (χ1n) is 5.92. The molecule has 0 aliphatic heterocycles. The van der Waals surface area contributed by atoms with Crippen molar-refractivity contribution in [3.05, 3.63) is 39.9 Å². The van der Waals surface area contributed by atoms with Gasteiger partial charge >= 0.3 is 0 Å². The zero-order valence-corrected chi connectivity index (χ0v) is 10.6. The number of hydrogen-bond donors (Lipinski definition) is 2. The first-order valence-corrected chi connectivity index (χ1v) is 5.92. The van der Waals surface area contributed by atoms with Crippen LogP contribution in [0.3, 0.4) is 0 Å². The Bertz CT molecular complexity index is 495. The van der Waals surface area contributed by atoms with Crippen molar-refractivity contribution in [3.8, 4) is 0 Å². The molecule has 6 nitrogen and oxygen atoms in total. The first kappa shape index (κ1) is 16.0. The molecule has 1 aromatic carbocycles. The van der Waals surface area contributed by atoms with Crippen LogP contribution < -0.4 is 11.1 Å². The van der Waals surface area contributed by atoms with E-state index >= 15 is 0 Å². The van der Waals surface area contributed by atoms with Gasteiger partial charge in [0, 0.05) is 18.6 Å². The minimum Gasteiger partial charge on any atom is -0.350 e. The Morgan fingerprint density at radius 2 is 2.15 bits per heavy atom. The van der Waals surface area contributed by atoms with E-state index in [1.54, 1.807) is 6.07 Å². The number of hydrogen-bond acceptors (Lipinski definition) is 4. The summed E-state index contributed by atoms with van der Waals surface area (Å²) in [5.41, 5.74) is 5.36. The van der Waals surface area contributed by atoms with Crippen LogP contribution in [0.5, 0.6) is 0 Å². The summed E-state index contributed by atoms with van der Waals surface area (Å²) in [4.78, 5) is 21.4. The van der Waals surface area contributed by atoms with Crippen LogP contribution in [0.2, 0.25) is 0 Å². The Morgan fingerprint density at radius 1 is 1.45 bits per heavy atom. The van der Waals surface area contributed by atoms with Gasteiger partial charge in [-0.3, -0.25) is 14.9 Å². The number of non-ortho nitro benzene ring substituents is 1. The van der Waals surface area contributed by atoms with E-state index in [9.17, 15) is 23.7 Å². The maximum Gasteiger partial charge on any atom is 0.277 e. The average Bonchev–Trinajstić information content (AvgIpc) is 2.43. The van der Waals surface area contributed by atoms with Gasteiger partial charge in [0.1, 0.15) is 0 Å². The number of benzene rings is 1. The lowest BCUT2D eigenvalue weighted by Crippen LogP contribution is -2.41. The number of rotatable bonds is 7. The van der Waals surface area contributed by atoms with E-state index in [0.29, 0.717) is 5.56 Å². The van der Waals surface area contributed by atoms with Crippen LogP contribution in [-0.4, -0.2) is 29.8 Å². The number of nitrogens with one attached hydrogen (secondary N) is 1. The van der Waals surface area contributed by atoms with E-state index in [2.05, 4.69) is 5.32 Å². The molecule has 3 N–H and O–H groups in total. The summed E-state index contributed by atoms with van der Waals surface area (Å²) >= 11 is 0. The Morgan fingerprint density at radius 3 is 2.75 bits per heavy atom. The lowest BCUT2D eigenvalue weighted by Gasteiger charge is -2.14. The summed E-state index contributed by atoms with van der Waals surface area (Å²) in [6.45, 7) is -1.64. The van der Waals surface area contributed by atoms with E-state index in [1.807, 2.05) is 0 Å². The molecule has 110 valence electrons. The molecular formula is C12H15F2N3O3. The van der Waals surface area contributed by atoms with E-state index in [-0.39, 0.29) is 18.5 Å². The van der Waals surface area contributed by atoms with E-state index < -0.39 is 29.8 Å². The molecule has 0 radical (unpaired) electrons. The van der Waals surface area contributed by atoms with Gasteiger partial charge in [0.15, 0.2) is 0 Å². The lowest BCUT2D eigenvalue weighted by molar-refractivity contribution is -0.384. The fourth-order valence-electron chi connectivity index (χ4n) is 1.47. The lowest BCUT2D eigenvalue weighted by atomic mass is 10.1. The quantitative estimate of drug-likeness (QED) is 0.582. The highest BCUT2D eigenvalue weighted by molar-refractivity contribution is 5.76. The normalized spacial score (nSPS) is 11.2. The summed E-state index contributed by atoms with van der Waals surface area (Å²) < 4.78 is 25.6. The summed E-state index contributed by atoms with van der Waals surface area (Å²) in [7, 11) is 0. The standard InChI is InChI=1S/C12H15F2N3O3/c13-12(14,7-15)8-16-11(18)5-4-9-2-1-3-10(6-9)17(19)20/h1-3,6H,4-5,7-8,15H2,(H,16,18). The molecule has 1 amide bonds. The molecule has 0 atom stereocenters. The highest BCUT2D eigenvalue weighted by Gasteiger charge is 2.26. The van der Waals surface area contributed by atoms with Crippen LogP contribution >= 0.6 is 0 Å². The smallest absolute Gasteiger partial charge is 0.277 e. The predicted molar refractivity (Wildman–Crippen MR) is 68.4 cm³/mol. The van der Waals surface area contributed by atoms with Crippen molar-refractivity contribution in [3.63, 3.8) is 0 Å². The third-order valence-electron chi connectivity index (χ3n) is 2.60. The predicted octanol–water partition coefficient (Wildman–Crippen LogP) is 1.24. The van der Waals surface area contributed by atoms with Gasteiger partial charge in [0.2, 0.25) is 5.91 Å². The second-order valence-corrected chi connectivity index (χ2v) is 4.26. The molecule has 0 bridgehead atoms. The number of halogens is 2. The van der Waals surface area contributed by atoms with Crippen molar-refractivity contribution in [2.45, 2.75) is 18.8 Å². The van der Waals surface area contributed by atoms with Crippen molar-refractivity contribution in [2.75, 3.05) is 13.1 Å². The van der Waals surface area contributed by atoms with Gasteiger partial charge in [-0.05, 0) is 12.0 Å². The van der Waals surface area contributed by atoms with Gasteiger partial charge in [-0.15, -0.1) is 0 Å². The number of nitro groups is 1. The second kappa shape index (κ2) is 6.90. The van der Waals surface area contributed by atoms with Crippen molar-refractivity contribution >= 4 is 11.6 Å². The van der Waals surface area contributed by atoms with E-state index in [4.69, 9.17) is 5.73 Å². The third-order valence-corrected chi connectivity index (χ3v) is 2.60. The fourth-order valence-corrected chi connectivity index (χ4v) is 1.47. The first-order chi connectivity index (χ1) is 9.34. The highest BCUT2D eigenvalue weighted by atomic mass is 19.3. The molecule has 0 saturated heterocycles. The molecule has 20 heavy (non-hydrogen) atoms. The fraction of sp³-hybridized carbons (Fsp3) is 0.417. The van der Waals surface area contributed by atoms with Gasteiger partial charge in [-0.1, -0.05) is 12.1 Å². The average molecular weight is 287 g/mol. The van der Waals surface area contributed by atoms with Gasteiger partial charge in [0.05, 0.1) is 18.0 Å². The molecule has 0 fully saturated rings. The number of nitro benzene ring substituents is 1. The molecule has 0 spiro atoms. The van der Waals surface area contributed by atoms with Crippen LogP contribution in [-0.2, 0) is 11.2 Å². The SMILES string of the molecule is NCC(F)(F)CNC(=O)CCc1cccc([N+](=O)[O-])c1. The summed E-state index contributed by atoms with van der Waals surface area (Å²) in [6.07, 6.45) is 0.212. The number of aryl methyl sites for hydroxylation is 1. The summed E-state index contributed by atoms with van der Waals surface area (Å²) in [5, 5.41) is 12.6. The largest absolute Gasteiger partial charge is 0.350 e. The molecule has 0 heterocycles. The molecule has 0 aliphatic rings. The topological polar surface area (TPSA) is 98.3 Å². The number of nitrogens with two attached hydrogens (primary N) is 1. The molecule has 8 heteroatoms. The molecular weight excluding hydrogens is 272 g/mol. The van der Waals surface area contributed by atoms with Crippen molar-refractivity contribution in [1.82, 2.24) is 5.32 Å². The Kier molecular flexibility index (Phi) is 5.51. The van der Waals surface area contributed by atoms with Gasteiger partial charge in [0.25, 0.3) is 11.6 Å². The maximum atomic E-state index is 12.8. The number of carbonyl (C=O) groups is 1. The zero-order valence-electron chi connectivity index (χ0n) is 10.6. The molecule has 0 saturated carbocycles. The monoisotopic (exact) mass is 287 g/mol. The summed E-state index contributed by atoms with van der Waals surface area (Å²) in [5.74, 6) is -3.68. The molecule has 0 aliphatic carbocycles. The van der Waals surface area contributed by atoms with Crippen molar-refractivity contribution < 1.29 is 18.5 Å². The van der Waals surface area contributed by atoms with E-state index in [1.165, 1.54) is 18.2 Å². The number of carbonyl (C=O) groups excluding carboxylic acids is 1. The Hall–Kier alpha value is -2.09. The molecule has 0 unspecified atom stereocenters. The second-order valence-electron chi connectivity index (χ2n) is 4.26. The Balaban J connectivity index is 2.45. The molecule has 1 rings (SSSR count). The van der Waals surface area contributed by atoms with Crippen LogP contribution in [0, 0.1) is 10.1 Å². The van der Waals surface area contributed by atoms with Crippen LogP contribution in [0.15, 0.2) is 24.3 Å². The maximum absolute atomic E-state index is 12.8. The molecule has 0 aromatic heterocycles. The van der Waals surface area contributed by atoms with Crippen LogP contribution in [0.4, 0.5) is 14.5 Å². The van der Waals surface area contributed by atoms with Crippen LogP contribution in [0.1, 0.15) is 12.0 Å². The highest BCUT2D eigenvalue weighted by Crippen LogP contribution is 2.14. The zero-order chi connectivity index (χ0) is 15.2. The Labute approximate surface area is 114 Å². The van der Waals surface area contributed by atoms with Crippen molar-refractivity contribution in [2.24, 2.45) is 5.73 Å². The van der Waals surface area contributed by atoms with Gasteiger partial charge in [-0.2, -0.15) is 0 Å². The van der Waals surface area contributed by atoms with Crippen LogP contribution in [0.25, 0.3) is 0 Å². The molecule has 1 aromatic rings. The number of alkyl halides is 2.